The Kier molecular flexibility index (Phi) is 4.18. The molecule has 3 aromatic rings. The lowest BCUT2D eigenvalue weighted by molar-refractivity contribution is 0.508. The molecule has 8 heteroatoms. The van der Waals surface area contributed by atoms with Crippen molar-refractivity contribution < 1.29 is 12.8 Å². The van der Waals surface area contributed by atoms with Crippen molar-refractivity contribution in [3.8, 4) is 11.5 Å². The molecule has 0 amide bonds. The highest BCUT2D eigenvalue weighted by atomic mass is 32.2. The van der Waals surface area contributed by atoms with Crippen LogP contribution in [-0.2, 0) is 16.6 Å². The van der Waals surface area contributed by atoms with Crippen molar-refractivity contribution in [3.63, 3.8) is 0 Å². The van der Waals surface area contributed by atoms with Crippen LogP contribution in [0.25, 0.3) is 11.5 Å². The van der Waals surface area contributed by atoms with Gasteiger partial charge in [-0.15, -0.1) is 21.5 Å². The Labute approximate surface area is 150 Å². The zero-order valence-electron chi connectivity index (χ0n) is 13.6. The summed E-state index contributed by atoms with van der Waals surface area (Å²) >= 11 is 1.15. The van der Waals surface area contributed by atoms with Gasteiger partial charge in [-0.3, -0.25) is 0 Å². The van der Waals surface area contributed by atoms with Gasteiger partial charge in [0.25, 0.3) is 0 Å². The van der Waals surface area contributed by atoms with E-state index in [1.54, 1.807) is 11.4 Å². The predicted molar refractivity (Wildman–Crippen MR) is 94.8 cm³/mol. The first-order chi connectivity index (χ1) is 12.0. The minimum atomic E-state index is -3.58. The average Bonchev–Trinajstić information content (AvgIpc) is 3.12. The van der Waals surface area contributed by atoms with Crippen molar-refractivity contribution in [1.29, 1.82) is 0 Å². The van der Waals surface area contributed by atoms with Crippen LogP contribution in [0, 0.1) is 6.92 Å². The van der Waals surface area contributed by atoms with E-state index in [0.29, 0.717) is 23.3 Å². The van der Waals surface area contributed by atoms with E-state index in [1.807, 2.05) is 31.2 Å². The van der Waals surface area contributed by atoms with Gasteiger partial charge in [0.05, 0.1) is 5.56 Å². The second-order valence-electron chi connectivity index (χ2n) is 6.13. The number of sulfonamides is 1. The molecule has 2 aromatic heterocycles. The number of aryl methyl sites for hydroxylation is 1. The Morgan fingerprint density at radius 2 is 2.08 bits per heavy atom. The number of thiophene rings is 1. The third kappa shape index (κ3) is 3.51. The quantitative estimate of drug-likeness (QED) is 0.713. The first-order valence-corrected chi connectivity index (χ1v) is 10.4. The molecule has 0 bridgehead atoms. The first kappa shape index (κ1) is 16.4. The summed E-state index contributed by atoms with van der Waals surface area (Å²) in [7, 11) is -3.58. The van der Waals surface area contributed by atoms with Gasteiger partial charge in [0, 0.05) is 17.8 Å². The fourth-order valence-electron chi connectivity index (χ4n) is 2.47. The van der Waals surface area contributed by atoms with Crippen molar-refractivity contribution in [2.24, 2.45) is 0 Å². The van der Waals surface area contributed by atoms with Gasteiger partial charge in [-0.1, -0.05) is 24.3 Å². The maximum Gasteiger partial charge on any atom is 0.250 e. The molecule has 1 fully saturated rings. The third-order valence-electron chi connectivity index (χ3n) is 4.17. The second-order valence-corrected chi connectivity index (χ2v) is 9.03. The summed E-state index contributed by atoms with van der Waals surface area (Å²) in [6, 6.07) is 9.27. The Bertz CT molecular complexity index is 1000. The van der Waals surface area contributed by atoms with E-state index in [1.165, 1.54) is 0 Å². The molecule has 1 saturated carbocycles. The molecule has 1 N–H and O–H groups in total. The molecular weight excluding hydrogens is 358 g/mol. The van der Waals surface area contributed by atoms with Crippen LogP contribution >= 0.6 is 11.3 Å². The van der Waals surface area contributed by atoms with Gasteiger partial charge >= 0.3 is 0 Å². The Morgan fingerprint density at radius 3 is 2.84 bits per heavy atom. The van der Waals surface area contributed by atoms with Crippen LogP contribution in [0.1, 0.15) is 35.8 Å². The lowest BCUT2D eigenvalue weighted by atomic mass is 10.1. The molecule has 0 spiro atoms. The van der Waals surface area contributed by atoms with Crippen LogP contribution in [-0.4, -0.2) is 18.6 Å². The smallest absolute Gasteiger partial charge is 0.250 e. The van der Waals surface area contributed by atoms with Gasteiger partial charge in [0.15, 0.2) is 0 Å². The molecule has 1 aliphatic carbocycles. The van der Waals surface area contributed by atoms with Crippen LogP contribution in [0.15, 0.2) is 44.3 Å². The standard InChI is InChI=1S/C17H17N3O3S2/c1-11-4-2-3-5-13(11)9-18-25(21,22)15-8-14(10-24-15)17-20-19-16(23-17)12-6-7-12/h2-5,8,10,12,18H,6-7,9H2,1H3. The number of rotatable bonds is 6. The van der Waals surface area contributed by atoms with Crippen molar-refractivity contribution in [2.45, 2.75) is 36.4 Å². The van der Waals surface area contributed by atoms with Crippen molar-refractivity contribution in [2.75, 3.05) is 0 Å². The van der Waals surface area contributed by atoms with Crippen molar-refractivity contribution >= 4 is 21.4 Å². The summed E-state index contributed by atoms with van der Waals surface area (Å²) in [6.07, 6.45) is 2.15. The highest BCUT2D eigenvalue weighted by Crippen LogP contribution is 2.40. The normalized spacial score (nSPS) is 14.8. The second kappa shape index (κ2) is 6.36. The minimum absolute atomic E-state index is 0.238. The number of hydrogen-bond acceptors (Lipinski definition) is 6. The summed E-state index contributed by atoms with van der Waals surface area (Å²) in [5.74, 6) is 1.39. The lowest BCUT2D eigenvalue weighted by Crippen LogP contribution is -2.22. The molecule has 0 radical (unpaired) electrons. The van der Waals surface area contributed by atoms with Gasteiger partial charge in [-0.2, -0.15) is 0 Å². The number of benzene rings is 1. The van der Waals surface area contributed by atoms with Gasteiger partial charge in [0.1, 0.15) is 4.21 Å². The SMILES string of the molecule is Cc1ccccc1CNS(=O)(=O)c1cc(-c2nnc(C3CC3)o2)cs1. The zero-order valence-corrected chi connectivity index (χ0v) is 15.2. The molecule has 1 aromatic carbocycles. The van der Waals surface area contributed by atoms with Crippen LogP contribution in [0.4, 0.5) is 0 Å². The van der Waals surface area contributed by atoms with Crippen LogP contribution in [0.5, 0.6) is 0 Å². The van der Waals surface area contributed by atoms with E-state index in [9.17, 15) is 8.42 Å². The molecule has 1 aliphatic rings. The van der Waals surface area contributed by atoms with E-state index in [4.69, 9.17) is 4.42 Å². The maximum absolute atomic E-state index is 12.5. The van der Waals surface area contributed by atoms with Crippen molar-refractivity contribution in [1.82, 2.24) is 14.9 Å². The summed E-state index contributed by atoms with van der Waals surface area (Å²) in [6.45, 7) is 2.22. The van der Waals surface area contributed by atoms with E-state index in [2.05, 4.69) is 14.9 Å². The summed E-state index contributed by atoms with van der Waals surface area (Å²) in [5.41, 5.74) is 2.64. The topological polar surface area (TPSA) is 85.1 Å². The van der Waals surface area contributed by atoms with Crippen LogP contribution in [0.2, 0.25) is 0 Å². The Balaban J connectivity index is 1.50. The highest BCUT2D eigenvalue weighted by Gasteiger charge is 2.30. The molecule has 6 nitrogen and oxygen atoms in total. The maximum atomic E-state index is 12.5. The van der Waals surface area contributed by atoms with Gasteiger partial charge in [-0.25, -0.2) is 13.1 Å². The molecule has 0 atom stereocenters. The fraction of sp³-hybridized carbons (Fsp3) is 0.294. The fourth-order valence-corrected chi connectivity index (χ4v) is 4.67. The highest BCUT2D eigenvalue weighted by molar-refractivity contribution is 7.91. The monoisotopic (exact) mass is 375 g/mol. The minimum Gasteiger partial charge on any atom is -0.420 e. The Morgan fingerprint density at radius 1 is 1.28 bits per heavy atom. The number of aromatic nitrogens is 2. The first-order valence-electron chi connectivity index (χ1n) is 7.99. The number of nitrogens with zero attached hydrogens (tertiary/aromatic N) is 2. The van der Waals surface area contributed by atoms with E-state index < -0.39 is 10.0 Å². The number of hydrogen-bond donors (Lipinski definition) is 1. The van der Waals surface area contributed by atoms with E-state index >= 15 is 0 Å². The molecular formula is C17H17N3O3S2. The van der Waals surface area contributed by atoms with Crippen LogP contribution < -0.4 is 4.72 Å². The summed E-state index contributed by atoms with van der Waals surface area (Å²) < 4.78 is 33.6. The average molecular weight is 375 g/mol. The molecule has 0 saturated heterocycles. The van der Waals surface area contributed by atoms with Crippen molar-refractivity contribution in [3.05, 3.63) is 52.7 Å². The lowest BCUT2D eigenvalue weighted by Gasteiger charge is -2.07. The number of nitrogens with one attached hydrogen (secondary N) is 1. The molecule has 0 aliphatic heterocycles. The predicted octanol–water partition coefficient (Wildman–Crippen LogP) is 3.46. The third-order valence-corrected chi connectivity index (χ3v) is 7.01. The Hall–Kier alpha value is -2.03. The van der Waals surface area contributed by atoms with Gasteiger partial charge in [-0.05, 0) is 37.0 Å². The van der Waals surface area contributed by atoms with Gasteiger partial charge < -0.3 is 4.42 Å². The molecule has 2 heterocycles. The largest absolute Gasteiger partial charge is 0.420 e. The zero-order chi connectivity index (χ0) is 17.4. The van der Waals surface area contributed by atoms with Crippen LogP contribution in [0.3, 0.4) is 0 Å². The van der Waals surface area contributed by atoms with E-state index in [-0.39, 0.29) is 10.8 Å². The summed E-state index contributed by atoms with van der Waals surface area (Å²) in [5, 5.41) is 9.79. The molecule has 0 unspecified atom stereocenters. The molecule has 4 rings (SSSR count). The molecule has 130 valence electrons. The van der Waals surface area contributed by atoms with E-state index in [0.717, 1.165) is 35.3 Å². The summed E-state index contributed by atoms with van der Waals surface area (Å²) in [4.78, 5) is 0. The molecule has 25 heavy (non-hydrogen) atoms. The van der Waals surface area contributed by atoms with Gasteiger partial charge in [0.2, 0.25) is 21.8 Å².